The van der Waals surface area contributed by atoms with Gasteiger partial charge in [0.05, 0.1) is 24.8 Å². The fourth-order valence-corrected chi connectivity index (χ4v) is 4.58. The number of aromatic nitrogens is 2. The molecule has 0 N–H and O–H groups in total. The van der Waals surface area contributed by atoms with Crippen LogP contribution in [0.4, 0.5) is 0 Å². The van der Waals surface area contributed by atoms with Crippen LogP contribution in [0.25, 0.3) is 11.3 Å². The van der Waals surface area contributed by atoms with Gasteiger partial charge in [0.15, 0.2) is 5.06 Å². The van der Waals surface area contributed by atoms with E-state index in [1.54, 1.807) is 11.3 Å². The first-order chi connectivity index (χ1) is 8.78. The summed E-state index contributed by atoms with van der Waals surface area (Å²) >= 11 is 1.79. The summed E-state index contributed by atoms with van der Waals surface area (Å²) in [7, 11) is -1.73. The molecule has 0 aromatic carbocycles. The lowest BCUT2D eigenvalue weighted by Crippen LogP contribution is -2.43. The number of hydrogen-bond acceptors (Lipinski definition) is 3. The minimum Gasteiger partial charge on any atom is -0.537 e. The molecule has 3 rings (SSSR count). The number of thiophene rings is 1. The molecule has 0 unspecified atom stereocenters. The first kappa shape index (κ1) is 12.9. The molecule has 0 spiro atoms. The molecule has 3 nitrogen and oxygen atoms in total. The van der Waals surface area contributed by atoms with Crippen LogP contribution in [0, 0.1) is 0 Å². The average Bonchev–Trinajstić information content (AvgIpc) is 2.86. The third-order valence-corrected chi connectivity index (χ3v) is 9.74. The van der Waals surface area contributed by atoms with Gasteiger partial charge in [-0.15, -0.1) is 11.3 Å². The molecule has 0 saturated carbocycles. The van der Waals surface area contributed by atoms with Crippen molar-refractivity contribution in [2.45, 2.75) is 45.4 Å². The third-order valence-electron chi connectivity index (χ3n) is 4.25. The van der Waals surface area contributed by atoms with Crippen molar-refractivity contribution in [3.63, 3.8) is 0 Å². The summed E-state index contributed by atoms with van der Waals surface area (Å²) in [5.41, 5.74) is 2.52. The first-order valence-electron chi connectivity index (χ1n) is 6.60. The van der Waals surface area contributed by atoms with Crippen LogP contribution >= 0.6 is 11.3 Å². The van der Waals surface area contributed by atoms with E-state index in [2.05, 4.69) is 49.5 Å². The third kappa shape index (κ3) is 2.05. The van der Waals surface area contributed by atoms with E-state index in [0.717, 1.165) is 11.6 Å². The minimum absolute atomic E-state index is 0.239. The SMILES string of the molecule is CC(C)(C)[Si](C)(C)Oc1cc2c(s1)Cn1cncc1-2. The Morgan fingerprint density at radius 3 is 2.79 bits per heavy atom. The van der Waals surface area contributed by atoms with E-state index in [9.17, 15) is 0 Å². The van der Waals surface area contributed by atoms with Crippen LogP contribution < -0.4 is 4.43 Å². The zero-order valence-electron chi connectivity index (χ0n) is 12.2. The Hall–Kier alpha value is -1.07. The summed E-state index contributed by atoms with van der Waals surface area (Å²) in [6.45, 7) is 12.3. The van der Waals surface area contributed by atoms with Crippen molar-refractivity contribution >= 4 is 19.7 Å². The lowest BCUT2D eigenvalue weighted by Gasteiger charge is -2.35. The highest BCUT2D eigenvalue weighted by Crippen LogP contribution is 2.44. The molecule has 0 saturated heterocycles. The smallest absolute Gasteiger partial charge is 0.251 e. The summed E-state index contributed by atoms with van der Waals surface area (Å²) in [5.74, 6) is 0. The zero-order chi connectivity index (χ0) is 13.8. The summed E-state index contributed by atoms with van der Waals surface area (Å²) in [6.07, 6.45) is 3.84. The molecule has 1 aliphatic rings. The van der Waals surface area contributed by atoms with Gasteiger partial charge in [0.1, 0.15) is 0 Å². The Morgan fingerprint density at radius 2 is 2.11 bits per heavy atom. The van der Waals surface area contributed by atoms with E-state index in [1.165, 1.54) is 16.1 Å². The van der Waals surface area contributed by atoms with E-state index >= 15 is 0 Å². The van der Waals surface area contributed by atoms with Crippen LogP contribution in [0.1, 0.15) is 25.6 Å². The quantitative estimate of drug-likeness (QED) is 0.656. The highest BCUT2D eigenvalue weighted by Gasteiger charge is 2.39. The van der Waals surface area contributed by atoms with E-state index in [-0.39, 0.29) is 5.04 Å². The summed E-state index contributed by atoms with van der Waals surface area (Å²) in [5, 5.41) is 1.31. The second-order valence-electron chi connectivity index (χ2n) is 6.67. The lowest BCUT2D eigenvalue weighted by molar-refractivity contribution is 0.503. The summed E-state index contributed by atoms with van der Waals surface area (Å²) in [4.78, 5) is 5.60. The molecule has 2 aromatic heterocycles. The van der Waals surface area contributed by atoms with Crippen molar-refractivity contribution in [2.75, 3.05) is 0 Å². The number of nitrogens with zero attached hydrogens (tertiary/aromatic N) is 2. The molecule has 19 heavy (non-hydrogen) atoms. The number of imidazole rings is 1. The van der Waals surface area contributed by atoms with Gasteiger partial charge in [0.25, 0.3) is 8.32 Å². The molecule has 2 aromatic rings. The van der Waals surface area contributed by atoms with Gasteiger partial charge in [0, 0.05) is 16.5 Å². The van der Waals surface area contributed by atoms with Gasteiger partial charge >= 0.3 is 0 Å². The van der Waals surface area contributed by atoms with Gasteiger partial charge < -0.3 is 8.99 Å². The number of hydrogen-bond donors (Lipinski definition) is 0. The van der Waals surface area contributed by atoms with Gasteiger partial charge in [0.2, 0.25) is 0 Å². The number of rotatable bonds is 2. The van der Waals surface area contributed by atoms with Crippen LogP contribution in [0.2, 0.25) is 18.1 Å². The molecular formula is C14H20N2OSSi. The van der Waals surface area contributed by atoms with Crippen molar-refractivity contribution in [3.8, 4) is 16.3 Å². The molecule has 0 amide bonds. The van der Waals surface area contributed by atoms with Gasteiger partial charge in [-0.3, -0.25) is 0 Å². The monoisotopic (exact) mass is 292 g/mol. The van der Waals surface area contributed by atoms with E-state index in [4.69, 9.17) is 4.43 Å². The second-order valence-corrected chi connectivity index (χ2v) is 12.5. The highest BCUT2D eigenvalue weighted by atomic mass is 32.1. The normalized spacial score (nSPS) is 14.4. The van der Waals surface area contributed by atoms with Crippen molar-refractivity contribution in [3.05, 3.63) is 23.5 Å². The predicted molar refractivity (Wildman–Crippen MR) is 82.5 cm³/mol. The molecule has 102 valence electrons. The average molecular weight is 292 g/mol. The molecule has 0 fully saturated rings. The molecular weight excluding hydrogens is 272 g/mol. The molecule has 0 radical (unpaired) electrons. The summed E-state index contributed by atoms with van der Waals surface area (Å²) in [6, 6.07) is 2.20. The fourth-order valence-electron chi connectivity index (χ4n) is 2.02. The maximum absolute atomic E-state index is 6.38. The predicted octanol–water partition coefficient (Wildman–Crippen LogP) is 4.36. The van der Waals surface area contributed by atoms with Gasteiger partial charge in [-0.2, -0.15) is 0 Å². The Kier molecular flexibility index (Phi) is 2.70. The zero-order valence-corrected chi connectivity index (χ0v) is 14.0. The van der Waals surface area contributed by atoms with E-state index in [1.807, 2.05) is 12.5 Å². The van der Waals surface area contributed by atoms with Gasteiger partial charge in [-0.1, -0.05) is 20.8 Å². The molecule has 5 heteroatoms. The van der Waals surface area contributed by atoms with Crippen molar-refractivity contribution in [1.82, 2.24) is 9.55 Å². The Balaban J connectivity index is 1.89. The molecule has 1 aliphatic heterocycles. The van der Waals surface area contributed by atoms with Crippen molar-refractivity contribution < 1.29 is 4.43 Å². The Bertz CT molecular complexity index is 622. The lowest BCUT2D eigenvalue weighted by atomic mass is 10.2. The van der Waals surface area contributed by atoms with Gasteiger partial charge in [-0.05, 0) is 18.1 Å². The summed E-state index contributed by atoms with van der Waals surface area (Å²) < 4.78 is 8.57. The Labute approximate surface area is 119 Å². The molecule has 0 aliphatic carbocycles. The van der Waals surface area contributed by atoms with Crippen molar-refractivity contribution in [2.24, 2.45) is 0 Å². The topological polar surface area (TPSA) is 27.1 Å². The maximum Gasteiger partial charge on any atom is 0.251 e. The van der Waals surface area contributed by atoms with Crippen LogP contribution in [-0.4, -0.2) is 17.9 Å². The van der Waals surface area contributed by atoms with Crippen LogP contribution in [0.5, 0.6) is 5.06 Å². The number of fused-ring (bicyclic) bond motifs is 3. The molecule has 3 heterocycles. The Morgan fingerprint density at radius 1 is 1.37 bits per heavy atom. The molecule has 0 atom stereocenters. The maximum atomic E-state index is 6.38. The second kappa shape index (κ2) is 3.96. The van der Waals surface area contributed by atoms with Gasteiger partial charge in [-0.25, -0.2) is 4.98 Å². The fraction of sp³-hybridized carbons (Fsp3) is 0.500. The first-order valence-corrected chi connectivity index (χ1v) is 10.3. The standard InChI is InChI=1S/C14H20N2OSSi/c1-14(2,3)19(4,5)17-13-6-10-11-7-15-9-16(11)8-12(10)18-13/h6-7,9H,8H2,1-5H3. The highest BCUT2D eigenvalue weighted by molar-refractivity contribution is 7.14. The largest absolute Gasteiger partial charge is 0.537 e. The minimum atomic E-state index is -1.73. The van der Waals surface area contributed by atoms with Crippen LogP contribution in [-0.2, 0) is 6.54 Å². The van der Waals surface area contributed by atoms with Crippen LogP contribution in [0.3, 0.4) is 0 Å². The van der Waals surface area contributed by atoms with E-state index in [0.29, 0.717) is 0 Å². The van der Waals surface area contributed by atoms with Crippen molar-refractivity contribution in [1.29, 1.82) is 0 Å². The van der Waals surface area contributed by atoms with Crippen LogP contribution in [0.15, 0.2) is 18.6 Å². The van der Waals surface area contributed by atoms with E-state index < -0.39 is 8.32 Å². The molecule has 0 bridgehead atoms.